The second-order valence-electron chi connectivity index (χ2n) is 11.7. The summed E-state index contributed by atoms with van der Waals surface area (Å²) < 4.78 is 12.9. The number of benzene rings is 3. The Morgan fingerprint density at radius 2 is 1.65 bits per heavy atom. The van der Waals surface area contributed by atoms with Crippen molar-refractivity contribution in [2.24, 2.45) is 0 Å². The van der Waals surface area contributed by atoms with E-state index in [2.05, 4.69) is 5.32 Å². The van der Waals surface area contributed by atoms with E-state index in [1.165, 1.54) is 0 Å². The van der Waals surface area contributed by atoms with Crippen LogP contribution < -0.4 is 14.6 Å². The first-order chi connectivity index (χ1) is 20.7. The van der Waals surface area contributed by atoms with E-state index in [1.807, 2.05) is 106 Å². The summed E-state index contributed by atoms with van der Waals surface area (Å²) in [5.41, 5.74) is 3.79. The average Bonchev–Trinajstić information content (AvgIpc) is 3.30. The van der Waals surface area contributed by atoms with Crippen LogP contribution in [0.15, 0.2) is 85.1 Å². The van der Waals surface area contributed by atoms with Crippen LogP contribution in [0.2, 0.25) is 5.02 Å². The van der Waals surface area contributed by atoms with Gasteiger partial charge in [0.1, 0.15) is 23.2 Å². The van der Waals surface area contributed by atoms with Gasteiger partial charge >= 0.3 is 17.7 Å². The number of anilines is 1. The summed E-state index contributed by atoms with van der Waals surface area (Å²) in [6.45, 7) is 6.11. The second-order valence-corrected chi connectivity index (χ2v) is 12.1. The fourth-order valence-electron chi connectivity index (χ4n) is 5.04. The largest absolute Gasteiger partial charge is 0.492 e. The molecule has 1 aliphatic heterocycles. The van der Waals surface area contributed by atoms with Crippen molar-refractivity contribution in [3.05, 3.63) is 95.6 Å². The van der Waals surface area contributed by atoms with Crippen molar-refractivity contribution in [3.8, 4) is 28.3 Å². The summed E-state index contributed by atoms with van der Waals surface area (Å²) in [6.07, 6.45) is 5.08. The number of hydrogen-bond donors (Lipinski definition) is 1. The Kier molecular flexibility index (Phi) is 9.41. The zero-order chi connectivity index (χ0) is 30.4. The second kappa shape index (κ2) is 13.4. The highest BCUT2D eigenvalue weighted by Crippen LogP contribution is 2.31. The number of ether oxygens (including phenoxy) is 2. The maximum absolute atomic E-state index is 13.6. The summed E-state index contributed by atoms with van der Waals surface area (Å²) >= 11 is 6.57. The lowest BCUT2D eigenvalue weighted by Crippen LogP contribution is -2.44. The van der Waals surface area contributed by atoms with Gasteiger partial charge in [0.15, 0.2) is 11.7 Å². The molecule has 5 rings (SSSR count). The van der Waals surface area contributed by atoms with Gasteiger partial charge in [0.25, 0.3) is 0 Å². The molecule has 1 unspecified atom stereocenters. The van der Waals surface area contributed by atoms with E-state index in [4.69, 9.17) is 26.1 Å². The van der Waals surface area contributed by atoms with Gasteiger partial charge in [0, 0.05) is 24.0 Å². The van der Waals surface area contributed by atoms with Crippen LogP contribution in [0.3, 0.4) is 0 Å². The molecule has 0 saturated carbocycles. The van der Waals surface area contributed by atoms with E-state index in [1.54, 1.807) is 4.57 Å². The van der Waals surface area contributed by atoms with E-state index in [0.717, 1.165) is 47.3 Å². The van der Waals surface area contributed by atoms with Crippen LogP contribution >= 0.6 is 11.6 Å². The van der Waals surface area contributed by atoms with Crippen molar-refractivity contribution < 1.29 is 23.6 Å². The Bertz CT molecular complexity index is 1590. The van der Waals surface area contributed by atoms with Gasteiger partial charge in [0.2, 0.25) is 0 Å². The van der Waals surface area contributed by atoms with Crippen molar-refractivity contribution in [3.63, 3.8) is 0 Å². The summed E-state index contributed by atoms with van der Waals surface area (Å²) in [4.78, 5) is 30.5. The monoisotopic (exact) mass is 598 g/mol. The summed E-state index contributed by atoms with van der Waals surface area (Å²) in [6, 6.07) is 24.9. The number of carbonyl (C=O) groups is 2. The molecule has 222 valence electrons. The number of nitrogens with one attached hydrogen (secondary N) is 1. The molecule has 8 heteroatoms. The summed E-state index contributed by atoms with van der Waals surface area (Å²) in [5, 5.41) is 3.93. The molecule has 0 radical (unpaired) electrons. The number of nitrogens with zero attached hydrogens (tertiary/aromatic N) is 2. The molecule has 0 fully saturated rings. The molecule has 0 aliphatic carbocycles. The van der Waals surface area contributed by atoms with Gasteiger partial charge in [0.05, 0.1) is 11.6 Å². The van der Waals surface area contributed by atoms with Crippen LogP contribution in [-0.2, 0) is 16.0 Å². The summed E-state index contributed by atoms with van der Waals surface area (Å²) in [5.74, 6) is 1.06. The Labute approximate surface area is 257 Å². The van der Waals surface area contributed by atoms with E-state index >= 15 is 0 Å². The van der Waals surface area contributed by atoms with E-state index in [9.17, 15) is 9.59 Å². The van der Waals surface area contributed by atoms with Gasteiger partial charge in [-0.25, -0.2) is 9.78 Å². The molecule has 1 atom stereocenters. The van der Waals surface area contributed by atoms with Gasteiger partial charge in [-0.2, -0.15) is 4.57 Å². The topological polar surface area (TPSA) is 81.4 Å². The van der Waals surface area contributed by atoms with Gasteiger partial charge in [-0.15, -0.1) is 0 Å². The molecule has 0 amide bonds. The molecular formula is C35H37ClN3O4+. The van der Waals surface area contributed by atoms with Crippen LogP contribution in [0.4, 0.5) is 5.82 Å². The van der Waals surface area contributed by atoms with Gasteiger partial charge < -0.3 is 9.47 Å². The van der Waals surface area contributed by atoms with E-state index in [-0.39, 0.29) is 11.9 Å². The highest BCUT2D eigenvalue weighted by molar-refractivity contribution is 6.32. The number of hydrogen-bond acceptors (Lipinski definition) is 6. The predicted octanol–water partition coefficient (Wildman–Crippen LogP) is 7.31. The molecule has 1 aromatic heterocycles. The van der Waals surface area contributed by atoms with Crippen molar-refractivity contribution in [2.75, 3.05) is 11.9 Å². The molecule has 0 bridgehead atoms. The molecule has 1 aliphatic rings. The highest BCUT2D eigenvalue weighted by Gasteiger charge is 2.41. The van der Waals surface area contributed by atoms with Gasteiger partial charge in [-0.1, -0.05) is 78.3 Å². The average molecular weight is 599 g/mol. The maximum Gasteiger partial charge on any atom is 0.359 e. The third kappa shape index (κ3) is 7.79. The number of aromatic nitrogens is 2. The van der Waals surface area contributed by atoms with Crippen LogP contribution in [-0.4, -0.2) is 35.1 Å². The van der Waals surface area contributed by atoms with Crippen molar-refractivity contribution >= 4 is 29.3 Å². The van der Waals surface area contributed by atoms with Crippen LogP contribution in [0.1, 0.15) is 56.8 Å². The number of unbranched alkanes of at least 4 members (excludes halogenated alkanes) is 2. The first-order valence-corrected chi connectivity index (χ1v) is 15.1. The van der Waals surface area contributed by atoms with Crippen molar-refractivity contribution in [2.45, 2.75) is 64.5 Å². The molecule has 2 heterocycles. The first kappa shape index (κ1) is 30.2. The van der Waals surface area contributed by atoms with Crippen molar-refractivity contribution in [1.82, 2.24) is 4.98 Å². The number of esters is 1. The molecule has 0 spiro atoms. The summed E-state index contributed by atoms with van der Waals surface area (Å²) in [7, 11) is 0. The number of rotatable bonds is 11. The molecule has 7 nitrogen and oxygen atoms in total. The van der Waals surface area contributed by atoms with Crippen molar-refractivity contribution in [1.29, 1.82) is 0 Å². The number of fused-ring (bicyclic) bond motifs is 1. The van der Waals surface area contributed by atoms with Gasteiger partial charge in [-0.3, -0.25) is 10.1 Å². The lowest BCUT2D eigenvalue weighted by molar-refractivity contribution is -0.551. The number of carbonyl (C=O) groups excluding carboxylic acids is 2. The minimum absolute atomic E-state index is 0.0467. The number of halogens is 1. The molecule has 4 aromatic rings. The predicted molar refractivity (Wildman–Crippen MR) is 168 cm³/mol. The van der Waals surface area contributed by atoms with Crippen LogP contribution in [0.25, 0.3) is 22.5 Å². The molecule has 0 saturated heterocycles. The normalized spacial score (nSPS) is 14.2. The zero-order valence-electron chi connectivity index (χ0n) is 24.8. The molecular weight excluding hydrogens is 562 g/mol. The third-order valence-electron chi connectivity index (χ3n) is 7.05. The Morgan fingerprint density at radius 3 is 2.33 bits per heavy atom. The highest BCUT2D eigenvalue weighted by atomic mass is 35.5. The van der Waals surface area contributed by atoms with Crippen LogP contribution in [0.5, 0.6) is 5.75 Å². The fraction of sp³-hybridized carbons (Fsp3) is 0.314. The SMILES string of the molecule is CC(C)(C)OC(=O)CCCCCOc1ccc(CC2Nc3c(-c4ccccc4)nc(-c4ccccc4)c[n+]3C2=O)cc1Cl. The fourth-order valence-corrected chi connectivity index (χ4v) is 5.30. The first-order valence-electron chi connectivity index (χ1n) is 14.7. The Balaban J connectivity index is 1.22. The maximum atomic E-state index is 13.6. The smallest absolute Gasteiger partial charge is 0.359 e. The lowest BCUT2D eigenvalue weighted by Gasteiger charge is -2.19. The quantitative estimate of drug-likeness (QED) is 0.111. The van der Waals surface area contributed by atoms with Crippen LogP contribution in [0, 0.1) is 0 Å². The lowest BCUT2D eigenvalue weighted by atomic mass is 10.1. The Morgan fingerprint density at radius 1 is 0.953 bits per heavy atom. The van der Waals surface area contributed by atoms with E-state index in [0.29, 0.717) is 36.0 Å². The minimum Gasteiger partial charge on any atom is -0.492 e. The molecule has 43 heavy (non-hydrogen) atoms. The standard InChI is InChI=1S/C35H36ClN3O4/c1-35(2,3)43-31(40)17-11-6-12-20-42-30-19-18-24(21-27(30)36)22-28-34(41)39-23-29(25-13-7-4-8-14-25)37-32(33(39)38-28)26-15-9-5-10-16-26/h4-5,7-10,13-16,18-19,21,23,28H,6,11-12,17,20,22H2,1-3H3/p+1. The molecule has 1 N–H and O–H groups in total. The Hall–Kier alpha value is -4.23. The van der Waals surface area contributed by atoms with E-state index < -0.39 is 11.6 Å². The minimum atomic E-state index is -0.469. The third-order valence-corrected chi connectivity index (χ3v) is 7.35. The molecule has 3 aromatic carbocycles. The van der Waals surface area contributed by atoms with Gasteiger partial charge in [-0.05, 0) is 57.7 Å². The zero-order valence-corrected chi connectivity index (χ0v) is 25.6.